The maximum absolute atomic E-state index is 5.90. The van der Waals surface area contributed by atoms with Crippen LogP contribution in [0, 0.1) is 5.92 Å². The van der Waals surface area contributed by atoms with Crippen LogP contribution in [0.15, 0.2) is 22.3 Å². The van der Waals surface area contributed by atoms with Crippen molar-refractivity contribution >= 4 is 11.6 Å². The van der Waals surface area contributed by atoms with Crippen molar-refractivity contribution in [3.8, 4) is 0 Å². The molecule has 1 heteroatoms. The molecule has 54 valence electrons. The van der Waals surface area contributed by atoms with Crippen LogP contribution in [0.4, 0.5) is 0 Å². The third-order valence-electron chi connectivity index (χ3n) is 2.51. The smallest absolute Gasteiger partial charge is 0.0224 e. The first-order valence-electron chi connectivity index (χ1n) is 3.85. The summed E-state index contributed by atoms with van der Waals surface area (Å²) >= 11 is 5.90. The Balaban J connectivity index is 2.30. The van der Waals surface area contributed by atoms with Gasteiger partial charge in [0.05, 0.1) is 0 Å². The van der Waals surface area contributed by atoms with Crippen molar-refractivity contribution in [3.63, 3.8) is 0 Å². The summed E-state index contributed by atoms with van der Waals surface area (Å²) in [6.07, 6.45) is 5.82. The zero-order chi connectivity index (χ0) is 7.14. The van der Waals surface area contributed by atoms with Crippen molar-refractivity contribution in [1.82, 2.24) is 0 Å². The lowest BCUT2D eigenvalue weighted by Gasteiger charge is -2.00. The maximum Gasteiger partial charge on any atom is 0.0224 e. The van der Waals surface area contributed by atoms with E-state index in [0.29, 0.717) is 0 Å². The molecule has 1 atom stereocenters. The largest absolute Gasteiger partial charge is 0.0888 e. The van der Waals surface area contributed by atoms with Crippen LogP contribution in [0.3, 0.4) is 0 Å². The van der Waals surface area contributed by atoms with Gasteiger partial charge in [-0.2, -0.15) is 0 Å². The van der Waals surface area contributed by atoms with Crippen LogP contribution < -0.4 is 0 Å². The lowest BCUT2D eigenvalue weighted by Crippen LogP contribution is -1.87. The molecule has 2 rings (SSSR count). The highest BCUT2D eigenvalue weighted by Crippen LogP contribution is 2.41. The van der Waals surface area contributed by atoms with Gasteiger partial charge in [0.1, 0.15) is 0 Å². The van der Waals surface area contributed by atoms with Crippen molar-refractivity contribution in [2.75, 3.05) is 0 Å². The van der Waals surface area contributed by atoms with Gasteiger partial charge >= 0.3 is 0 Å². The summed E-state index contributed by atoms with van der Waals surface area (Å²) < 4.78 is 0. The molecule has 0 N–H and O–H groups in total. The Morgan fingerprint density at radius 3 is 3.10 bits per heavy atom. The first-order valence-corrected chi connectivity index (χ1v) is 4.23. The van der Waals surface area contributed by atoms with Gasteiger partial charge in [-0.3, -0.25) is 0 Å². The molecule has 0 nitrogen and oxygen atoms in total. The molecule has 0 heterocycles. The molecular weight excluding hydrogens is 144 g/mol. The molecule has 0 radical (unpaired) electrons. The Hall–Kier alpha value is -0.230. The molecule has 10 heavy (non-hydrogen) atoms. The Morgan fingerprint density at radius 2 is 2.40 bits per heavy atom. The predicted molar refractivity (Wildman–Crippen MR) is 44.0 cm³/mol. The van der Waals surface area contributed by atoms with E-state index < -0.39 is 0 Å². The Morgan fingerprint density at radius 1 is 1.60 bits per heavy atom. The van der Waals surface area contributed by atoms with Gasteiger partial charge < -0.3 is 0 Å². The average molecular weight is 155 g/mol. The van der Waals surface area contributed by atoms with Crippen molar-refractivity contribution < 1.29 is 0 Å². The van der Waals surface area contributed by atoms with Gasteiger partial charge in [0.2, 0.25) is 0 Å². The molecule has 0 aliphatic heterocycles. The minimum absolute atomic E-state index is 0.770. The summed E-state index contributed by atoms with van der Waals surface area (Å²) in [6, 6.07) is 0. The van der Waals surface area contributed by atoms with E-state index in [4.69, 9.17) is 11.6 Å². The summed E-state index contributed by atoms with van der Waals surface area (Å²) in [5.74, 6) is 0.770. The van der Waals surface area contributed by atoms with Crippen molar-refractivity contribution in [1.29, 1.82) is 0 Å². The van der Waals surface area contributed by atoms with Gasteiger partial charge in [0.15, 0.2) is 0 Å². The van der Waals surface area contributed by atoms with E-state index >= 15 is 0 Å². The first kappa shape index (κ1) is 6.48. The first-order chi connectivity index (χ1) is 4.77. The van der Waals surface area contributed by atoms with Gasteiger partial charge in [-0.25, -0.2) is 0 Å². The summed E-state index contributed by atoms with van der Waals surface area (Å²) in [6.45, 7) is 2.29. The third-order valence-corrected chi connectivity index (χ3v) is 2.76. The predicted octanol–water partition coefficient (Wildman–Crippen LogP) is 3.24. The number of allylic oxidation sites excluding steroid dienone is 4. The normalized spacial score (nSPS) is 31.0. The summed E-state index contributed by atoms with van der Waals surface area (Å²) in [5.41, 5.74) is 3.13. The molecular formula is C9H11Cl. The molecule has 0 amide bonds. The van der Waals surface area contributed by atoms with Crippen molar-refractivity contribution in [2.24, 2.45) is 5.92 Å². The zero-order valence-corrected chi connectivity index (χ0v) is 6.91. The molecule has 0 fully saturated rings. The highest BCUT2D eigenvalue weighted by atomic mass is 35.5. The van der Waals surface area contributed by atoms with E-state index in [1.807, 2.05) is 0 Å². The van der Waals surface area contributed by atoms with Crippen LogP contribution in [0.2, 0.25) is 0 Å². The topological polar surface area (TPSA) is 0 Å². The average Bonchev–Trinajstić information content (AvgIpc) is 2.35. The van der Waals surface area contributed by atoms with Crippen LogP contribution in [0.1, 0.15) is 26.2 Å². The van der Waals surface area contributed by atoms with Crippen LogP contribution >= 0.6 is 11.6 Å². The molecule has 0 spiro atoms. The fourth-order valence-corrected chi connectivity index (χ4v) is 2.18. The second-order valence-corrected chi connectivity index (χ2v) is 3.75. The van der Waals surface area contributed by atoms with Crippen LogP contribution in [-0.2, 0) is 0 Å². The van der Waals surface area contributed by atoms with E-state index in [2.05, 4.69) is 13.0 Å². The van der Waals surface area contributed by atoms with Crippen molar-refractivity contribution in [2.45, 2.75) is 26.2 Å². The van der Waals surface area contributed by atoms with Gasteiger partial charge in [-0.05, 0) is 30.4 Å². The summed E-state index contributed by atoms with van der Waals surface area (Å²) in [7, 11) is 0. The van der Waals surface area contributed by atoms with Gasteiger partial charge in [0.25, 0.3) is 0 Å². The Labute approximate surface area is 66.6 Å². The molecule has 0 aromatic rings. The quantitative estimate of drug-likeness (QED) is 0.503. The lowest BCUT2D eigenvalue weighted by molar-refractivity contribution is 0.675. The molecule has 0 aromatic carbocycles. The standard InChI is InChI=1S/C9H11Cl/c1-6-2-3-7-4-8(10)5-9(6)7/h5-6H,2-4H2,1H3/t6-/m0/s1. The minimum atomic E-state index is 0.770. The maximum atomic E-state index is 5.90. The molecule has 2 aliphatic carbocycles. The third kappa shape index (κ3) is 0.826. The number of rotatable bonds is 0. The highest BCUT2D eigenvalue weighted by Gasteiger charge is 2.24. The zero-order valence-electron chi connectivity index (χ0n) is 6.15. The van der Waals surface area contributed by atoms with Crippen LogP contribution in [0.25, 0.3) is 0 Å². The minimum Gasteiger partial charge on any atom is -0.0888 e. The van der Waals surface area contributed by atoms with E-state index in [1.165, 1.54) is 18.4 Å². The van der Waals surface area contributed by atoms with Gasteiger partial charge in [-0.15, -0.1) is 0 Å². The fourth-order valence-electron chi connectivity index (χ4n) is 1.90. The second kappa shape index (κ2) is 2.13. The summed E-state index contributed by atoms with van der Waals surface area (Å²) in [4.78, 5) is 0. The van der Waals surface area contributed by atoms with E-state index in [0.717, 1.165) is 17.4 Å². The van der Waals surface area contributed by atoms with E-state index in [-0.39, 0.29) is 0 Å². The van der Waals surface area contributed by atoms with Gasteiger partial charge in [0, 0.05) is 11.5 Å². The molecule has 0 saturated carbocycles. The second-order valence-electron chi connectivity index (χ2n) is 3.27. The molecule has 0 bridgehead atoms. The fraction of sp³-hybridized carbons (Fsp3) is 0.556. The molecule has 0 saturated heterocycles. The SMILES string of the molecule is C[C@H]1CCC2=C1C=C(Cl)C2. The number of hydrogen-bond donors (Lipinski definition) is 0. The lowest BCUT2D eigenvalue weighted by atomic mass is 10.1. The van der Waals surface area contributed by atoms with Crippen LogP contribution in [0.5, 0.6) is 0 Å². The molecule has 2 aliphatic rings. The Kier molecular flexibility index (Phi) is 1.38. The monoisotopic (exact) mass is 154 g/mol. The van der Waals surface area contributed by atoms with Crippen LogP contribution in [-0.4, -0.2) is 0 Å². The Bertz CT molecular complexity index is 223. The number of halogens is 1. The van der Waals surface area contributed by atoms with E-state index in [1.54, 1.807) is 5.57 Å². The molecule has 0 unspecified atom stereocenters. The molecule has 0 aromatic heterocycles. The summed E-state index contributed by atoms with van der Waals surface area (Å²) in [5, 5.41) is 1.04. The van der Waals surface area contributed by atoms with E-state index in [9.17, 15) is 0 Å². The highest BCUT2D eigenvalue weighted by molar-refractivity contribution is 6.30. The van der Waals surface area contributed by atoms with Gasteiger partial charge in [-0.1, -0.05) is 24.1 Å². The van der Waals surface area contributed by atoms with Crippen molar-refractivity contribution in [3.05, 3.63) is 22.3 Å². The number of hydrogen-bond acceptors (Lipinski definition) is 0.